The van der Waals surface area contributed by atoms with Gasteiger partial charge in [0.2, 0.25) is 5.91 Å². The molecule has 4 rings (SSSR count). The number of carbonyl (C=O) groups excluding carboxylic acids is 2. The molecule has 8 heteroatoms. The molecular weight excluding hydrogens is 446 g/mol. The minimum atomic E-state index is -0.918. The average molecular weight is 476 g/mol. The van der Waals surface area contributed by atoms with Gasteiger partial charge in [0, 0.05) is 25.8 Å². The fourth-order valence-corrected chi connectivity index (χ4v) is 4.25. The van der Waals surface area contributed by atoms with Crippen LogP contribution < -0.4 is 28.9 Å². The van der Waals surface area contributed by atoms with E-state index in [0.29, 0.717) is 34.2 Å². The molecule has 0 N–H and O–H groups in total. The Morgan fingerprint density at radius 2 is 1.46 bits per heavy atom. The van der Waals surface area contributed by atoms with Crippen molar-refractivity contribution in [2.45, 2.75) is 6.04 Å². The quantitative estimate of drug-likeness (QED) is 0.516. The molecule has 0 radical (unpaired) electrons. The number of methoxy groups -OCH3 is 3. The second-order valence-corrected chi connectivity index (χ2v) is 8.29. The summed E-state index contributed by atoms with van der Waals surface area (Å²) in [7, 11) is 8.52. The summed E-state index contributed by atoms with van der Waals surface area (Å²) < 4.78 is 16.4. The van der Waals surface area contributed by atoms with Crippen LogP contribution >= 0.6 is 0 Å². The molecule has 1 atom stereocenters. The fourth-order valence-electron chi connectivity index (χ4n) is 4.25. The molecule has 35 heavy (non-hydrogen) atoms. The van der Waals surface area contributed by atoms with Crippen molar-refractivity contribution in [3.05, 3.63) is 72.3 Å². The van der Waals surface area contributed by atoms with Crippen LogP contribution in [0.25, 0.3) is 0 Å². The molecule has 1 aliphatic heterocycles. The first kappa shape index (κ1) is 23.9. The van der Waals surface area contributed by atoms with Gasteiger partial charge in [-0.05, 0) is 42.0 Å². The number of nitrogens with zero attached hydrogens (tertiary/aromatic N) is 3. The van der Waals surface area contributed by atoms with Crippen LogP contribution in [0, 0.1) is 0 Å². The van der Waals surface area contributed by atoms with E-state index in [1.165, 1.54) is 16.9 Å². The lowest BCUT2D eigenvalue weighted by Gasteiger charge is -2.41. The van der Waals surface area contributed by atoms with Crippen LogP contribution in [-0.2, 0) is 9.59 Å². The number of ether oxygens (including phenoxy) is 3. The zero-order valence-corrected chi connectivity index (χ0v) is 20.5. The van der Waals surface area contributed by atoms with Gasteiger partial charge in [-0.2, -0.15) is 0 Å². The Morgan fingerprint density at radius 1 is 0.800 bits per heavy atom. The van der Waals surface area contributed by atoms with Crippen LogP contribution in [0.3, 0.4) is 0 Å². The molecular formula is C27H29N3O5. The summed E-state index contributed by atoms with van der Waals surface area (Å²) in [4.78, 5) is 32.8. The number of anilines is 3. The lowest BCUT2D eigenvalue weighted by Crippen LogP contribution is -2.56. The Hall–Kier alpha value is -4.20. The van der Waals surface area contributed by atoms with E-state index in [9.17, 15) is 9.59 Å². The molecule has 0 aliphatic carbocycles. The molecule has 0 spiro atoms. The van der Waals surface area contributed by atoms with Crippen molar-refractivity contribution in [2.75, 3.05) is 56.7 Å². The van der Waals surface area contributed by atoms with E-state index in [1.54, 1.807) is 44.6 Å². The molecule has 1 heterocycles. The molecule has 0 saturated carbocycles. The first-order valence-electron chi connectivity index (χ1n) is 11.1. The number of hydrogen-bond donors (Lipinski definition) is 0. The smallest absolute Gasteiger partial charge is 0.255 e. The van der Waals surface area contributed by atoms with E-state index >= 15 is 0 Å². The molecule has 182 valence electrons. The second kappa shape index (κ2) is 9.97. The summed E-state index contributed by atoms with van der Waals surface area (Å²) in [5, 5.41) is 0. The lowest BCUT2D eigenvalue weighted by molar-refractivity contribution is -0.128. The minimum Gasteiger partial charge on any atom is -0.497 e. The molecule has 1 fully saturated rings. The summed E-state index contributed by atoms with van der Waals surface area (Å²) in [5.74, 6) is 1.02. The maximum absolute atomic E-state index is 14.1. The third-order valence-electron chi connectivity index (χ3n) is 6.07. The molecule has 2 amide bonds. The van der Waals surface area contributed by atoms with Gasteiger partial charge in [0.15, 0.2) is 0 Å². The van der Waals surface area contributed by atoms with Crippen molar-refractivity contribution in [2.24, 2.45) is 0 Å². The van der Waals surface area contributed by atoms with Gasteiger partial charge in [-0.25, -0.2) is 0 Å². The fraction of sp³-hybridized carbons (Fsp3) is 0.259. The Labute approximate surface area is 205 Å². The zero-order valence-electron chi connectivity index (χ0n) is 20.5. The number of benzene rings is 3. The summed E-state index contributed by atoms with van der Waals surface area (Å²) >= 11 is 0. The molecule has 1 aliphatic rings. The van der Waals surface area contributed by atoms with Gasteiger partial charge in [0.05, 0.1) is 32.7 Å². The molecule has 3 aromatic carbocycles. The van der Waals surface area contributed by atoms with Crippen molar-refractivity contribution < 1.29 is 23.8 Å². The zero-order chi connectivity index (χ0) is 25.1. The van der Waals surface area contributed by atoms with Crippen LogP contribution in [-0.4, -0.2) is 53.8 Å². The highest BCUT2D eigenvalue weighted by atomic mass is 16.5. The summed E-state index contributed by atoms with van der Waals surface area (Å²) in [6.07, 6.45) is 0. The van der Waals surface area contributed by atoms with E-state index in [4.69, 9.17) is 14.2 Å². The van der Waals surface area contributed by atoms with Crippen LogP contribution in [0.4, 0.5) is 17.1 Å². The standard InChI is InChI=1S/C27H29N3O5/c1-28(2)19-12-10-18(11-13-19)26-27(32)29(21-8-6-7-9-23(21)34-4)17-25(31)30(26)22-16-20(33-3)14-15-24(22)35-5/h6-16,26H,17H2,1-5H3. The van der Waals surface area contributed by atoms with Crippen molar-refractivity contribution in [3.63, 3.8) is 0 Å². The second-order valence-electron chi connectivity index (χ2n) is 8.29. The van der Waals surface area contributed by atoms with Crippen molar-refractivity contribution in [3.8, 4) is 17.2 Å². The Balaban J connectivity index is 1.88. The molecule has 8 nitrogen and oxygen atoms in total. The van der Waals surface area contributed by atoms with Crippen LogP contribution in [0.2, 0.25) is 0 Å². The maximum Gasteiger partial charge on any atom is 0.255 e. The summed E-state index contributed by atoms with van der Waals surface area (Å²) in [6, 6.07) is 19.0. The molecule has 1 unspecified atom stereocenters. The van der Waals surface area contributed by atoms with E-state index in [0.717, 1.165) is 5.69 Å². The topological polar surface area (TPSA) is 71.5 Å². The Bertz CT molecular complexity index is 1230. The number of para-hydroxylation sites is 2. The third kappa shape index (κ3) is 4.47. The van der Waals surface area contributed by atoms with Gasteiger partial charge >= 0.3 is 0 Å². The van der Waals surface area contributed by atoms with Gasteiger partial charge < -0.3 is 19.1 Å². The van der Waals surface area contributed by atoms with Crippen LogP contribution in [0.5, 0.6) is 17.2 Å². The first-order chi connectivity index (χ1) is 16.9. The van der Waals surface area contributed by atoms with E-state index in [-0.39, 0.29) is 18.4 Å². The van der Waals surface area contributed by atoms with Crippen molar-refractivity contribution >= 4 is 28.9 Å². The maximum atomic E-state index is 14.1. The Morgan fingerprint density at radius 3 is 2.09 bits per heavy atom. The molecule has 0 bridgehead atoms. The third-order valence-corrected chi connectivity index (χ3v) is 6.07. The number of carbonyl (C=O) groups is 2. The minimum absolute atomic E-state index is 0.147. The van der Waals surface area contributed by atoms with Crippen LogP contribution in [0.15, 0.2) is 66.7 Å². The van der Waals surface area contributed by atoms with Crippen LogP contribution in [0.1, 0.15) is 11.6 Å². The van der Waals surface area contributed by atoms with E-state index in [1.807, 2.05) is 55.4 Å². The predicted octanol–water partition coefficient (Wildman–Crippen LogP) is 3.90. The van der Waals surface area contributed by atoms with Crippen molar-refractivity contribution in [1.82, 2.24) is 0 Å². The van der Waals surface area contributed by atoms with Gasteiger partial charge in [-0.1, -0.05) is 24.3 Å². The molecule has 1 saturated heterocycles. The van der Waals surface area contributed by atoms with Gasteiger partial charge in [-0.3, -0.25) is 19.4 Å². The molecule has 0 aromatic heterocycles. The number of piperazine rings is 1. The Kier molecular flexibility index (Phi) is 6.82. The number of amides is 2. The SMILES string of the molecule is COc1ccc(OC)c(N2C(=O)CN(c3ccccc3OC)C(=O)C2c2ccc(N(C)C)cc2)c1. The highest BCUT2D eigenvalue weighted by Gasteiger charge is 2.43. The van der Waals surface area contributed by atoms with E-state index in [2.05, 4.69) is 0 Å². The van der Waals surface area contributed by atoms with Gasteiger partial charge in [-0.15, -0.1) is 0 Å². The summed E-state index contributed by atoms with van der Waals surface area (Å²) in [6.45, 7) is -0.147. The molecule has 3 aromatic rings. The monoisotopic (exact) mass is 475 g/mol. The largest absolute Gasteiger partial charge is 0.497 e. The first-order valence-corrected chi connectivity index (χ1v) is 11.1. The average Bonchev–Trinajstić information content (AvgIpc) is 2.89. The van der Waals surface area contributed by atoms with E-state index < -0.39 is 6.04 Å². The van der Waals surface area contributed by atoms with Gasteiger partial charge in [0.1, 0.15) is 29.8 Å². The van der Waals surface area contributed by atoms with Gasteiger partial charge in [0.25, 0.3) is 5.91 Å². The number of rotatable bonds is 7. The lowest BCUT2D eigenvalue weighted by atomic mass is 9.98. The highest BCUT2D eigenvalue weighted by molar-refractivity contribution is 6.15. The highest BCUT2D eigenvalue weighted by Crippen LogP contribution is 2.42. The number of hydrogen-bond acceptors (Lipinski definition) is 6. The van der Waals surface area contributed by atoms with Crippen molar-refractivity contribution in [1.29, 1.82) is 0 Å². The summed E-state index contributed by atoms with van der Waals surface area (Å²) in [5.41, 5.74) is 2.67. The normalized spacial score (nSPS) is 15.7. The predicted molar refractivity (Wildman–Crippen MR) is 136 cm³/mol.